The number of carbonyl (C=O) groups is 2. The van der Waals surface area contributed by atoms with Crippen LogP contribution in [-0.2, 0) is 9.59 Å². The van der Waals surface area contributed by atoms with Gasteiger partial charge in [-0.2, -0.15) is 0 Å². The molecular weight excluding hydrogens is 206 g/mol. The molecular formula is C12H19NO3. The Morgan fingerprint density at radius 3 is 2.38 bits per heavy atom. The van der Waals surface area contributed by atoms with Crippen LogP contribution >= 0.6 is 0 Å². The molecule has 2 aliphatic rings. The predicted molar refractivity (Wildman–Crippen MR) is 58.9 cm³/mol. The molecule has 0 aromatic carbocycles. The summed E-state index contributed by atoms with van der Waals surface area (Å²) in [5.41, 5.74) is 0.217. The molecule has 1 atom stereocenters. The van der Waals surface area contributed by atoms with Gasteiger partial charge in [-0.3, -0.25) is 4.79 Å². The van der Waals surface area contributed by atoms with E-state index in [0.29, 0.717) is 13.0 Å². The number of carbonyl (C=O) groups excluding carboxylic acids is 1. The van der Waals surface area contributed by atoms with Crippen LogP contribution in [-0.4, -0.2) is 34.5 Å². The van der Waals surface area contributed by atoms with Crippen LogP contribution in [0.1, 0.15) is 45.4 Å². The Kier molecular flexibility index (Phi) is 2.91. The molecule has 90 valence electrons. The minimum atomic E-state index is -0.846. The quantitative estimate of drug-likeness (QED) is 0.738. The van der Waals surface area contributed by atoms with Crippen LogP contribution in [0.5, 0.6) is 0 Å². The molecule has 4 heteroatoms. The predicted octanol–water partition coefficient (Wildman–Crippen LogP) is 1.64. The molecule has 2 fully saturated rings. The fraction of sp³-hybridized carbons (Fsp3) is 0.833. The van der Waals surface area contributed by atoms with Crippen molar-refractivity contribution in [3.8, 4) is 0 Å². The van der Waals surface area contributed by atoms with Crippen LogP contribution in [0.3, 0.4) is 0 Å². The van der Waals surface area contributed by atoms with Gasteiger partial charge in [0.2, 0.25) is 5.91 Å². The van der Waals surface area contributed by atoms with Gasteiger partial charge in [-0.05, 0) is 31.1 Å². The van der Waals surface area contributed by atoms with E-state index < -0.39 is 12.0 Å². The number of carboxylic acid groups (broad SMARTS) is 1. The van der Waals surface area contributed by atoms with Crippen LogP contribution in [0.25, 0.3) is 0 Å². The van der Waals surface area contributed by atoms with Crippen molar-refractivity contribution >= 4 is 11.9 Å². The molecule has 1 saturated heterocycles. The monoisotopic (exact) mass is 225 g/mol. The Morgan fingerprint density at radius 2 is 1.88 bits per heavy atom. The van der Waals surface area contributed by atoms with E-state index in [1.165, 1.54) is 24.7 Å². The molecule has 1 aliphatic heterocycles. The van der Waals surface area contributed by atoms with E-state index in [9.17, 15) is 14.7 Å². The van der Waals surface area contributed by atoms with Crippen molar-refractivity contribution in [1.29, 1.82) is 0 Å². The van der Waals surface area contributed by atoms with Crippen molar-refractivity contribution < 1.29 is 14.7 Å². The molecule has 0 aromatic rings. The molecule has 1 heterocycles. The lowest BCUT2D eigenvalue weighted by Gasteiger charge is -2.43. The number of nitrogens with zero attached hydrogens (tertiary/aromatic N) is 1. The maximum absolute atomic E-state index is 11.4. The Hall–Kier alpha value is -1.06. The van der Waals surface area contributed by atoms with Gasteiger partial charge in [-0.25, -0.2) is 4.79 Å². The third kappa shape index (κ3) is 1.93. The van der Waals surface area contributed by atoms with Crippen LogP contribution in [0, 0.1) is 5.41 Å². The summed E-state index contributed by atoms with van der Waals surface area (Å²) in [6.45, 7) is 2.08. The normalized spacial score (nSPS) is 28.3. The summed E-state index contributed by atoms with van der Waals surface area (Å²) < 4.78 is 0. The van der Waals surface area contributed by atoms with E-state index in [0.717, 1.165) is 19.3 Å². The SMILES string of the molecule is CC(=O)N1CCC2(CCCC2)CC1C(=O)O. The van der Waals surface area contributed by atoms with Gasteiger partial charge >= 0.3 is 5.97 Å². The van der Waals surface area contributed by atoms with Crippen molar-refractivity contribution in [2.45, 2.75) is 51.5 Å². The van der Waals surface area contributed by atoms with Gasteiger partial charge in [0.25, 0.3) is 0 Å². The lowest BCUT2D eigenvalue weighted by Crippen LogP contribution is -2.52. The van der Waals surface area contributed by atoms with Crippen LogP contribution in [0.4, 0.5) is 0 Å². The molecule has 4 nitrogen and oxygen atoms in total. The van der Waals surface area contributed by atoms with Gasteiger partial charge in [0.1, 0.15) is 6.04 Å². The number of hydrogen-bond donors (Lipinski definition) is 1. The first kappa shape index (κ1) is 11.4. The smallest absolute Gasteiger partial charge is 0.326 e. The highest BCUT2D eigenvalue weighted by molar-refractivity contribution is 5.82. The number of rotatable bonds is 1. The van der Waals surface area contributed by atoms with Crippen molar-refractivity contribution in [3.63, 3.8) is 0 Å². The highest BCUT2D eigenvalue weighted by Crippen LogP contribution is 2.47. The maximum atomic E-state index is 11.4. The van der Waals surface area contributed by atoms with Gasteiger partial charge in [0.05, 0.1) is 0 Å². The molecule has 1 N–H and O–H groups in total. The molecule has 0 bridgehead atoms. The van der Waals surface area contributed by atoms with E-state index in [1.54, 1.807) is 0 Å². The zero-order valence-corrected chi connectivity index (χ0v) is 9.74. The molecule has 1 saturated carbocycles. The Labute approximate surface area is 95.6 Å². The number of likely N-dealkylation sites (tertiary alicyclic amines) is 1. The number of hydrogen-bond acceptors (Lipinski definition) is 2. The second-order valence-corrected chi connectivity index (χ2v) is 5.23. The van der Waals surface area contributed by atoms with Gasteiger partial charge in [-0.1, -0.05) is 12.8 Å². The highest BCUT2D eigenvalue weighted by Gasteiger charge is 2.44. The minimum absolute atomic E-state index is 0.111. The summed E-state index contributed by atoms with van der Waals surface area (Å²) in [6, 6.07) is -0.593. The van der Waals surface area contributed by atoms with Crippen LogP contribution < -0.4 is 0 Å². The maximum Gasteiger partial charge on any atom is 0.326 e. The van der Waals surface area contributed by atoms with Crippen molar-refractivity contribution in [1.82, 2.24) is 4.90 Å². The second-order valence-electron chi connectivity index (χ2n) is 5.23. The van der Waals surface area contributed by atoms with E-state index >= 15 is 0 Å². The highest BCUT2D eigenvalue weighted by atomic mass is 16.4. The minimum Gasteiger partial charge on any atom is -0.480 e. The summed E-state index contributed by atoms with van der Waals surface area (Å²) in [4.78, 5) is 24.1. The third-order valence-corrected chi connectivity index (χ3v) is 4.24. The Bertz CT molecular complexity index is 307. The largest absolute Gasteiger partial charge is 0.480 e. The first-order chi connectivity index (χ1) is 7.54. The van der Waals surface area contributed by atoms with E-state index in [4.69, 9.17) is 0 Å². The standard InChI is InChI=1S/C12H19NO3/c1-9(14)13-7-6-12(4-2-3-5-12)8-10(13)11(15)16/h10H,2-8H2,1H3,(H,15,16). The summed E-state index contributed by atoms with van der Waals surface area (Å²) in [7, 11) is 0. The summed E-state index contributed by atoms with van der Waals surface area (Å²) in [5.74, 6) is -0.957. The first-order valence-electron chi connectivity index (χ1n) is 6.04. The van der Waals surface area contributed by atoms with E-state index in [1.807, 2.05) is 0 Å². The summed E-state index contributed by atoms with van der Waals surface area (Å²) >= 11 is 0. The third-order valence-electron chi connectivity index (χ3n) is 4.24. The first-order valence-corrected chi connectivity index (χ1v) is 6.04. The topological polar surface area (TPSA) is 57.6 Å². The second kappa shape index (κ2) is 4.07. The van der Waals surface area contributed by atoms with Gasteiger partial charge in [0.15, 0.2) is 0 Å². The fourth-order valence-corrected chi connectivity index (χ4v) is 3.31. The van der Waals surface area contributed by atoms with Gasteiger partial charge < -0.3 is 10.0 Å². The molecule has 1 amide bonds. The lowest BCUT2D eigenvalue weighted by molar-refractivity contribution is -0.154. The molecule has 0 radical (unpaired) electrons. The fourth-order valence-electron chi connectivity index (χ4n) is 3.31. The van der Waals surface area contributed by atoms with Crippen molar-refractivity contribution in [2.75, 3.05) is 6.54 Å². The average molecular weight is 225 g/mol. The number of carboxylic acids is 1. The summed E-state index contributed by atoms with van der Waals surface area (Å²) in [5, 5.41) is 9.21. The lowest BCUT2D eigenvalue weighted by atomic mass is 9.74. The molecule has 2 rings (SSSR count). The zero-order chi connectivity index (χ0) is 11.8. The number of piperidine rings is 1. The zero-order valence-electron chi connectivity index (χ0n) is 9.74. The molecule has 1 unspecified atom stereocenters. The Balaban J connectivity index is 2.14. The number of aliphatic carboxylic acids is 1. The molecule has 16 heavy (non-hydrogen) atoms. The summed E-state index contributed by atoms with van der Waals surface area (Å²) in [6.07, 6.45) is 6.35. The van der Waals surface area contributed by atoms with Gasteiger partial charge in [-0.15, -0.1) is 0 Å². The van der Waals surface area contributed by atoms with Gasteiger partial charge in [0, 0.05) is 13.5 Å². The van der Waals surface area contributed by atoms with Crippen molar-refractivity contribution in [3.05, 3.63) is 0 Å². The molecule has 1 aliphatic carbocycles. The average Bonchev–Trinajstić information content (AvgIpc) is 2.66. The van der Waals surface area contributed by atoms with E-state index in [-0.39, 0.29) is 11.3 Å². The Morgan fingerprint density at radius 1 is 1.25 bits per heavy atom. The number of amides is 1. The van der Waals surface area contributed by atoms with Crippen LogP contribution in [0.15, 0.2) is 0 Å². The van der Waals surface area contributed by atoms with Crippen LogP contribution in [0.2, 0.25) is 0 Å². The van der Waals surface area contributed by atoms with E-state index in [2.05, 4.69) is 0 Å². The van der Waals surface area contributed by atoms with Crippen molar-refractivity contribution in [2.24, 2.45) is 5.41 Å². The molecule has 0 aromatic heterocycles. The molecule has 1 spiro atoms.